The lowest BCUT2D eigenvalue weighted by molar-refractivity contribution is 0.774. The van der Waals surface area contributed by atoms with Gasteiger partial charge < -0.3 is 0 Å². The molecular formula is C10H11N3. The predicted molar refractivity (Wildman–Crippen MR) is 51.2 cm³/mol. The Hall–Kier alpha value is -1.64. The third-order valence-electron chi connectivity index (χ3n) is 2.10. The fourth-order valence-corrected chi connectivity index (χ4v) is 1.36. The van der Waals surface area contributed by atoms with Crippen LogP contribution in [0.15, 0.2) is 30.6 Å². The summed E-state index contributed by atoms with van der Waals surface area (Å²) in [5.41, 5.74) is 2.36. The lowest BCUT2D eigenvalue weighted by atomic mass is 10.1. The van der Waals surface area contributed by atoms with Crippen LogP contribution in [-0.4, -0.2) is 14.8 Å². The van der Waals surface area contributed by atoms with E-state index in [0.29, 0.717) is 0 Å². The normalized spacial score (nSPS) is 10.3. The second-order valence-corrected chi connectivity index (χ2v) is 3.02. The van der Waals surface area contributed by atoms with Gasteiger partial charge in [-0.2, -0.15) is 5.10 Å². The van der Waals surface area contributed by atoms with E-state index in [0.717, 1.165) is 11.4 Å². The third kappa shape index (κ3) is 1.33. The predicted octanol–water partition coefficient (Wildman–Crippen LogP) is 1.79. The molecule has 0 fully saturated rings. The smallest absolute Gasteiger partial charge is 0.158 e. The van der Waals surface area contributed by atoms with Crippen LogP contribution in [0.2, 0.25) is 0 Å². The van der Waals surface area contributed by atoms with Crippen molar-refractivity contribution in [3.05, 3.63) is 36.2 Å². The van der Waals surface area contributed by atoms with Crippen LogP contribution in [-0.2, 0) is 7.05 Å². The highest BCUT2D eigenvalue weighted by molar-refractivity contribution is 5.59. The van der Waals surface area contributed by atoms with E-state index < -0.39 is 0 Å². The van der Waals surface area contributed by atoms with E-state index in [4.69, 9.17) is 0 Å². The summed E-state index contributed by atoms with van der Waals surface area (Å²) in [7, 11) is 1.90. The average Bonchev–Trinajstić information content (AvgIpc) is 2.52. The Bertz CT molecular complexity index is 418. The zero-order valence-corrected chi connectivity index (χ0v) is 7.73. The summed E-state index contributed by atoms with van der Waals surface area (Å²) < 4.78 is 1.78. The number of nitrogens with zero attached hydrogens (tertiary/aromatic N) is 3. The molecule has 0 N–H and O–H groups in total. The zero-order valence-electron chi connectivity index (χ0n) is 7.73. The summed E-state index contributed by atoms with van der Waals surface area (Å²) in [6.45, 7) is 2.07. The molecule has 0 saturated carbocycles. The minimum Gasteiger partial charge on any atom is -0.249 e. The summed E-state index contributed by atoms with van der Waals surface area (Å²) in [5.74, 6) is 0.915. The van der Waals surface area contributed by atoms with E-state index in [-0.39, 0.29) is 0 Å². The molecule has 0 unspecified atom stereocenters. The number of hydrogen-bond acceptors (Lipinski definition) is 2. The molecule has 0 saturated heterocycles. The Kier molecular flexibility index (Phi) is 1.85. The van der Waals surface area contributed by atoms with Gasteiger partial charge in [0.05, 0.1) is 0 Å². The van der Waals surface area contributed by atoms with Gasteiger partial charge in [0, 0.05) is 12.6 Å². The highest BCUT2D eigenvalue weighted by Crippen LogP contribution is 2.19. The molecule has 1 aromatic carbocycles. The van der Waals surface area contributed by atoms with Gasteiger partial charge in [-0.15, -0.1) is 0 Å². The van der Waals surface area contributed by atoms with Crippen LogP contribution in [0.25, 0.3) is 11.4 Å². The maximum absolute atomic E-state index is 4.20. The van der Waals surface area contributed by atoms with Gasteiger partial charge in [0.1, 0.15) is 6.33 Å². The van der Waals surface area contributed by atoms with Crippen molar-refractivity contribution in [1.29, 1.82) is 0 Å². The molecule has 0 aliphatic carbocycles. The fourth-order valence-electron chi connectivity index (χ4n) is 1.36. The molecule has 1 heterocycles. The van der Waals surface area contributed by atoms with E-state index in [1.165, 1.54) is 5.56 Å². The molecule has 3 heteroatoms. The molecule has 2 rings (SSSR count). The van der Waals surface area contributed by atoms with Crippen molar-refractivity contribution < 1.29 is 0 Å². The SMILES string of the molecule is Cc1ccccc1-c1ncnn1C. The fraction of sp³-hybridized carbons (Fsp3) is 0.200. The lowest BCUT2D eigenvalue weighted by Gasteiger charge is -2.03. The van der Waals surface area contributed by atoms with Gasteiger partial charge in [0.2, 0.25) is 0 Å². The molecule has 3 nitrogen and oxygen atoms in total. The van der Waals surface area contributed by atoms with Crippen molar-refractivity contribution in [3.8, 4) is 11.4 Å². The Morgan fingerprint density at radius 2 is 2.00 bits per heavy atom. The molecule has 13 heavy (non-hydrogen) atoms. The first kappa shape index (κ1) is 7.98. The maximum atomic E-state index is 4.20. The Morgan fingerprint density at radius 3 is 2.62 bits per heavy atom. The average molecular weight is 173 g/mol. The minimum atomic E-state index is 0.915. The molecule has 0 aliphatic rings. The van der Waals surface area contributed by atoms with Crippen molar-refractivity contribution >= 4 is 0 Å². The summed E-state index contributed by atoms with van der Waals surface area (Å²) in [4.78, 5) is 4.20. The molecule has 2 aromatic rings. The van der Waals surface area contributed by atoms with Gasteiger partial charge in [-0.25, -0.2) is 9.67 Å². The van der Waals surface area contributed by atoms with Crippen molar-refractivity contribution in [2.24, 2.45) is 7.05 Å². The standard InChI is InChI=1S/C10H11N3/c1-8-5-3-4-6-9(8)10-11-7-12-13(10)2/h3-7H,1-2H3. The number of aryl methyl sites for hydroxylation is 2. The number of benzene rings is 1. The van der Waals surface area contributed by atoms with Gasteiger partial charge in [-0.05, 0) is 12.5 Å². The van der Waals surface area contributed by atoms with E-state index in [1.54, 1.807) is 11.0 Å². The van der Waals surface area contributed by atoms with Crippen LogP contribution in [0.4, 0.5) is 0 Å². The Labute approximate surface area is 77.0 Å². The van der Waals surface area contributed by atoms with Gasteiger partial charge in [0.15, 0.2) is 5.82 Å². The van der Waals surface area contributed by atoms with E-state index in [9.17, 15) is 0 Å². The number of hydrogen-bond donors (Lipinski definition) is 0. The van der Waals surface area contributed by atoms with Crippen LogP contribution in [0.3, 0.4) is 0 Å². The molecule has 0 spiro atoms. The summed E-state index contributed by atoms with van der Waals surface area (Å²) in [6, 6.07) is 8.16. The molecule has 0 bridgehead atoms. The Morgan fingerprint density at radius 1 is 1.23 bits per heavy atom. The molecule has 0 atom stereocenters. The molecule has 66 valence electrons. The van der Waals surface area contributed by atoms with Gasteiger partial charge in [-0.3, -0.25) is 0 Å². The zero-order chi connectivity index (χ0) is 9.26. The van der Waals surface area contributed by atoms with Gasteiger partial charge in [-0.1, -0.05) is 24.3 Å². The summed E-state index contributed by atoms with van der Waals surface area (Å²) in [5, 5.41) is 4.04. The quantitative estimate of drug-likeness (QED) is 0.658. The lowest BCUT2D eigenvalue weighted by Crippen LogP contribution is -1.95. The van der Waals surface area contributed by atoms with Crippen LogP contribution in [0, 0.1) is 6.92 Å². The molecule has 1 aromatic heterocycles. The number of rotatable bonds is 1. The summed E-state index contributed by atoms with van der Waals surface area (Å²) in [6.07, 6.45) is 1.57. The van der Waals surface area contributed by atoms with Crippen molar-refractivity contribution in [1.82, 2.24) is 14.8 Å². The molecule has 0 aliphatic heterocycles. The minimum absolute atomic E-state index is 0.915. The van der Waals surface area contributed by atoms with Crippen LogP contribution >= 0.6 is 0 Å². The third-order valence-corrected chi connectivity index (χ3v) is 2.10. The largest absolute Gasteiger partial charge is 0.249 e. The highest BCUT2D eigenvalue weighted by atomic mass is 15.3. The van der Waals surface area contributed by atoms with Gasteiger partial charge >= 0.3 is 0 Å². The monoisotopic (exact) mass is 173 g/mol. The first-order valence-electron chi connectivity index (χ1n) is 4.19. The molecule has 0 amide bonds. The van der Waals surface area contributed by atoms with E-state index >= 15 is 0 Å². The highest BCUT2D eigenvalue weighted by Gasteiger charge is 2.05. The Balaban J connectivity index is 2.59. The molecular weight excluding hydrogens is 162 g/mol. The first-order chi connectivity index (χ1) is 6.29. The second kappa shape index (κ2) is 3.01. The van der Waals surface area contributed by atoms with Crippen molar-refractivity contribution in [3.63, 3.8) is 0 Å². The van der Waals surface area contributed by atoms with Crippen LogP contribution in [0.5, 0.6) is 0 Å². The van der Waals surface area contributed by atoms with Crippen LogP contribution < -0.4 is 0 Å². The van der Waals surface area contributed by atoms with Crippen molar-refractivity contribution in [2.45, 2.75) is 6.92 Å². The topological polar surface area (TPSA) is 30.7 Å². The second-order valence-electron chi connectivity index (χ2n) is 3.02. The number of aromatic nitrogens is 3. The van der Waals surface area contributed by atoms with Crippen LogP contribution in [0.1, 0.15) is 5.56 Å². The molecule has 0 radical (unpaired) electrons. The van der Waals surface area contributed by atoms with Crippen molar-refractivity contribution in [2.75, 3.05) is 0 Å². The van der Waals surface area contributed by atoms with E-state index in [2.05, 4.69) is 29.1 Å². The first-order valence-corrected chi connectivity index (χ1v) is 4.19. The van der Waals surface area contributed by atoms with Gasteiger partial charge in [0.25, 0.3) is 0 Å². The van der Waals surface area contributed by atoms with E-state index in [1.807, 2.05) is 19.2 Å². The maximum Gasteiger partial charge on any atom is 0.158 e. The summed E-state index contributed by atoms with van der Waals surface area (Å²) >= 11 is 0.